The molecule has 0 atom stereocenters. The molecule has 1 heterocycles. The molecule has 1 aliphatic rings. The van der Waals surface area contributed by atoms with E-state index in [1.54, 1.807) is 0 Å². The summed E-state index contributed by atoms with van der Waals surface area (Å²) in [5.41, 5.74) is 6.18. The molecule has 2 aromatic rings. The number of hydrogen-bond donors (Lipinski definition) is 0. The molecule has 4 heteroatoms. The van der Waals surface area contributed by atoms with Crippen LogP contribution in [0.3, 0.4) is 0 Å². The predicted molar refractivity (Wildman–Crippen MR) is 124 cm³/mol. The lowest BCUT2D eigenvalue weighted by atomic mass is 9.93. The van der Waals surface area contributed by atoms with Crippen molar-refractivity contribution < 1.29 is 9.28 Å². The van der Waals surface area contributed by atoms with Crippen molar-refractivity contribution >= 4 is 29.3 Å². The van der Waals surface area contributed by atoms with Gasteiger partial charge in [-0.25, -0.2) is 0 Å². The Bertz CT molecular complexity index is 858. The third-order valence-electron chi connectivity index (χ3n) is 5.28. The summed E-state index contributed by atoms with van der Waals surface area (Å²) in [6.45, 7) is 1.48. The third-order valence-corrected chi connectivity index (χ3v) is 5.28. The minimum Gasteiger partial charge on any atom is -0.378 e. The number of likely N-dealkylation sites (N-methyl/N-ethyl adjacent to an activating group) is 1. The van der Waals surface area contributed by atoms with Crippen molar-refractivity contribution in [1.82, 2.24) is 0 Å². The molecule has 2 aromatic carbocycles. The van der Waals surface area contributed by atoms with Gasteiger partial charge in [0.05, 0.1) is 25.2 Å². The van der Waals surface area contributed by atoms with E-state index in [2.05, 4.69) is 72.4 Å². The Kier molecular flexibility index (Phi) is 5.94. The zero-order valence-electron chi connectivity index (χ0n) is 18.4. The van der Waals surface area contributed by atoms with Crippen LogP contribution < -0.4 is 9.80 Å². The molecule has 29 heavy (non-hydrogen) atoms. The number of carbonyl (C=O) groups is 1. The number of quaternary nitrogens is 1. The lowest BCUT2D eigenvalue weighted by Gasteiger charge is -2.35. The lowest BCUT2D eigenvalue weighted by molar-refractivity contribution is -0.881. The van der Waals surface area contributed by atoms with E-state index in [4.69, 9.17) is 0 Å². The highest BCUT2D eigenvalue weighted by Gasteiger charge is 2.33. The molecule has 0 amide bonds. The minimum absolute atomic E-state index is 0.163. The van der Waals surface area contributed by atoms with Gasteiger partial charge in [-0.05, 0) is 47.5 Å². The first-order valence-corrected chi connectivity index (χ1v) is 9.97. The first-order chi connectivity index (χ1) is 13.6. The standard InChI is InChI=1S/C25H32N3O/c1-26(2)23-11-7-19(8-12-23)15-21-17-28(5,6)18-22(25(21)29)16-20-9-13-24(14-10-20)27(3)4/h7-16H,17-18H2,1-6H3/q+1/b21-15-,22-16-. The zero-order valence-corrected chi connectivity index (χ0v) is 18.4. The van der Waals surface area contributed by atoms with Crippen LogP contribution in [0.15, 0.2) is 59.7 Å². The van der Waals surface area contributed by atoms with Crippen molar-refractivity contribution in [2.45, 2.75) is 0 Å². The smallest absolute Gasteiger partial charge is 0.196 e. The van der Waals surface area contributed by atoms with E-state index >= 15 is 0 Å². The largest absolute Gasteiger partial charge is 0.378 e. The van der Waals surface area contributed by atoms with E-state index in [1.807, 2.05) is 40.3 Å². The van der Waals surface area contributed by atoms with Crippen molar-refractivity contribution in [2.24, 2.45) is 0 Å². The normalized spacial score (nSPS) is 18.9. The van der Waals surface area contributed by atoms with Crippen molar-refractivity contribution in [2.75, 3.05) is 65.2 Å². The van der Waals surface area contributed by atoms with Gasteiger partial charge >= 0.3 is 0 Å². The maximum atomic E-state index is 13.2. The number of rotatable bonds is 4. The van der Waals surface area contributed by atoms with Crippen LogP contribution in [0, 0.1) is 0 Å². The molecule has 0 saturated carbocycles. The van der Waals surface area contributed by atoms with Gasteiger partial charge in [-0.3, -0.25) is 4.79 Å². The number of carbonyl (C=O) groups excluding carboxylic acids is 1. The summed E-state index contributed by atoms with van der Waals surface area (Å²) in [7, 11) is 12.5. The fourth-order valence-electron chi connectivity index (χ4n) is 3.69. The van der Waals surface area contributed by atoms with Gasteiger partial charge in [-0.15, -0.1) is 0 Å². The Balaban J connectivity index is 1.90. The fraction of sp³-hybridized carbons (Fsp3) is 0.320. The summed E-state index contributed by atoms with van der Waals surface area (Å²) in [6, 6.07) is 16.7. The molecule has 0 N–H and O–H groups in total. The third kappa shape index (κ3) is 5.15. The molecule has 1 saturated heterocycles. The summed E-state index contributed by atoms with van der Waals surface area (Å²) in [5.74, 6) is 0.163. The number of Topliss-reactive ketones (excluding diaryl/α,β-unsaturated/α-hetero) is 1. The van der Waals surface area contributed by atoms with Crippen LogP contribution in [0.4, 0.5) is 11.4 Å². The predicted octanol–water partition coefficient (Wildman–Crippen LogP) is 3.94. The molecule has 1 fully saturated rings. The SMILES string of the molecule is CN(C)c1ccc(/C=C2/C[N+](C)(C)C/C(=C/c3ccc(N(C)C)cc3)C2=O)cc1. The van der Waals surface area contributed by atoms with Crippen LogP contribution in [-0.2, 0) is 4.79 Å². The van der Waals surface area contributed by atoms with Crippen molar-refractivity contribution in [1.29, 1.82) is 0 Å². The number of piperidine rings is 1. The maximum Gasteiger partial charge on any atom is 0.196 e. The van der Waals surface area contributed by atoms with Crippen LogP contribution in [0.2, 0.25) is 0 Å². The first-order valence-electron chi connectivity index (χ1n) is 9.97. The van der Waals surface area contributed by atoms with Crippen molar-refractivity contribution in [3.8, 4) is 0 Å². The molecule has 0 unspecified atom stereocenters. The average Bonchev–Trinajstić information content (AvgIpc) is 2.66. The summed E-state index contributed by atoms with van der Waals surface area (Å²) >= 11 is 0. The van der Waals surface area contributed by atoms with E-state index in [1.165, 1.54) is 0 Å². The van der Waals surface area contributed by atoms with E-state index in [0.29, 0.717) is 0 Å². The van der Waals surface area contributed by atoms with Crippen LogP contribution in [-0.4, -0.2) is 65.6 Å². The molecule has 0 spiro atoms. The molecule has 1 aliphatic heterocycles. The molecule has 0 aromatic heterocycles. The van der Waals surface area contributed by atoms with Gasteiger partial charge in [-0.1, -0.05) is 24.3 Å². The Hall–Kier alpha value is -2.85. The summed E-state index contributed by atoms with van der Waals surface area (Å²) < 4.78 is 0.773. The molecular formula is C25H32N3O+. The number of ketones is 1. The number of anilines is 2. The molecule has 4 nitrogen and oxygen atoms in total. The highest BCUT2D eigenvalue weighted by molar-refractivity contribution is 6.14. The van der Waals surface area contributed by atoms with Crippen LogP contribution >= 0.6 is 0 Å². The average molecular weight is 391 g/mol. The number of hydrogen-bond acceptors (Lipinski definition) is 3. The van der Waals surface area contributed by atoms with E-state index < -0.39 is 0 Å². The van der Waals surface area contributed by atoms with Gasteiger partial charge in [0.1, 0.15) is 13.1 Å². The summed E-state index contributed by atoms with van der Waals surface area (Å²) in [6.07, 6.45) is 4.09. The molecule has 0 radical (unpaired) electrons. The highest BCUT2D eigenvalue weighted by atomic mass is 16.1. The topological polar surface area (TPSA) is 23.6 Å². The summed E-state index contributed by atoms with van der Waals surface area (Å²) in [4.78, 5) is 17.4. The van der Waals surface area contributed by atoms with Gasteiger partial charge in [0.25, 0.3) is 0 Å². The fourth-order valence-corrected chi connectivity index (χ4v) is 3.69. The van der Waals surface area contributed by atoms with E-state index in [-0.39, 0.29) is 5.78 Å². The second-order valence-electron chi connectivity index (χ2n) is 8.89. The number of likely N-dealkylation sites (tertiary alicyclic amines) is 1. The van der Waals surface area contributed by atoms with E-state index in [9.17, 15) is 4.79 Å². The van der Waals surface area contributed by atoms with Gasteiger partial charge < -0.3 is 14.3 Å². The highest BCUT2D eigenvalue weighted by Crippen LogP contribution is 2.26. The van der Waals surface area contributed by atoms with Gasteiger partial charge in [-0.2, -0.15) is 0 Å². The van der Waals surface area contributed by atoms with Crippen LogP contribution in [0.25, 0.3) is 12.2 Å². The molecule has 3 rings (SSSR count). The van der Waals surface area contributed by atoms with Gasteiger partial charge in [0.2, 0.25) is 0 Å². The molecule has 0 aliphatic carbocycles. The maximum absolute atomic E-state index is 13.2. The van der Waals surface area contributed by atoms with E-state index in [0.717, 1.165) is 51.2 Å². The number of benzene rings is 2. The Morgan fingerprint density at radius 1 is 0.690 bits per heavy atom. The van der Waals surface area contributed by atoms with Gasteiger partial charge in [0, 0.05) is 39.6 Å². The minimum atomic E-state index is 0.163. The summed E-state index contributed by atoms with van der Waals surface area (Å²) in [5, 5.41) is 0. The second kappa shape index (κ2) is 8.26. The van der Waals surface area contributed by atoms with Crippen LogP contribution in [0.5, 0.6) is 0 Å². The number of nitrogens with zero attached hydrogens (tertiary/aromatic N) is 3. The Morgan fingerprint density at radius 3 is 1.34 bits per heavy atom. The van der Waals surface area contributed by atoms with Crippen molar-refractivity contribution in [3.05, 3.63) is 70.8 Å². The van der Waals surface area contributed by atoms with Gasteiger partial charge in [0.15, 0.2) is 5.78 Å². The Morgan fingerprint density at radius 2 is 1.03 bits per heavy atom. The lowest BCUT2D eigenvalue weighted by Crippen LogP contribution is -2.48. The first kappa shape index (κ1) is 20.9. The van der Waals surface area contributed by atoms with Crippen LogP contribution in [0.1, 0.15) is 11.1 Å². The van der Waals surface area contributed by atoms with Crippen molar-refractivity contribution in [3.63, 3.8) is 0 Å². The zero-order chi connectivity index (χ0) is 21.2. The quantitative estimate of drug-likeness (QED) is 0.583. The second-order valence-corrected chi connectivity index (χ2v) is 8.89. The molecule has 152 valence electrons. The Labute approximate surface area is 174 Å². The molecule has 0 bridgehead atoms. The monoisotopic (exact) mass is 390 g/mol. The molecular weight excluding hydrogens is 358 g/mol.